The molecule has 2 rings (SSSR count). The number of hydrogen-bond donors (Lipinski definition) is 0. The summed E-state index contributed by atoms with van der Waals surface area (Å²) in [6.45, 7) is 6.49. The number of rotatable bonds is 2. The van der Waals surface area contributed by atoms with Gasteiger partial charge in [0.05, 0.1) is 16.8 Å². The molecule has 0 saturated carbocycles. The lowest BCUT2D eigenvalue weighted by Gasteiger charge is -2.32. The normalized spacial score (nSPS) is 21.3. The van der Waals surface area contributed by atoms with Gasteiger partial charge < -0.3 is 9.31 Å². The Bertz CT molecular complexity index is 613. The van der Waals surface area contributed by atoms with Gasteiger partial charge in [-0.25, -0.2) is 9.37 Å². The SMILES string of the molecule is CC1(C)OB(C(F)=C(c2ccc(Cl)nc2)C(F)(F)F)OC1(C)C. The second-order valence-corrected chi connectivity index (χ2v) is 6.57. The first-order chi connectivity index (χ1) is 10.3. The van der Waals surface area contributed by atoms with Crippen molar-refractivity contribution in [3.63, 3.8) is 0 Å². The van der Waals surface area contributed by atoms with E-state index in [0.29, 0.717) is 0 Å². The Morgan fingerprint density at radius 2 is 1.65 bits per heavy atom. The molecule has 0 unspecified atom stereocenters. The lowest BCUT2D eigenvalue weighted by atomic mass is 9.82. The molecule has 9 heteroatoms. The van der Waals surface area contributed by atoms with Crippen molar-refractivity contribution in [1.29, 1.82) is 0 Å². The van der Waals surface area contributed by atoms with Gasteiger partial charge in [0.1, 0.15) is 10.9 Å². The molecular weight excluding hydrogens is 336 g/mol. The van der Waals surface area contributed by atoms with Crippen LogP contribution in [0, 0.1) is 0 Å². The molecule has 3 nitrogen and oxygen atoms in total. The fourth-order valence-electron chi connectivity index (χ4n) is 2.03. The van der Waals surface area contributed by atoms with E-state index in [1.807, 2.05) is 0 Å². The summed E-state index contributed by atoms with van der Waals surface area (Å²) in [5.41, 5.74) is -5.39. The molecule has 2 heterocycles. The predicted molar refractivity (Wildman–Crippen MR) is 79.4 cm³/mol. The Kier molecular flexibility index (Phi) is 4.56. The number of nitrogens with zero attached hydrogens (tertiary/aromatic N) is 1. The third-order valence-electron chi connectivity index (χ3n) is 4.00. The molecule has 0 amide bonds. The van der Waals surface area contributed by atoms with Crippen LogP contribution in [0.1, 0.15) is 33.3 Å². The van der Waals surface area contributed by atoms with Gasteiger partial charge in [0, 0.05) is 11.8 Å². The number of aromatic nitrogens is 1. The Morgan fingerprint density at radius 1 is 1.13 bits per heavy atom. The van der Waals surface area contributed by atoms with Crippen LogP contribution in [0.2, 0.25) is 5.15 Å². The second kappa shape index (κ2) is 5.75. The van der Waals surface area contributed by atoms with Gasteiger partial charge in [-0.15, -0.1) is 0 Å². The molecule has 126 valence electrons. The summed E-state index contributed by atoms with van der Waals surface area (Å²) in [7, 11) is -1.74. The molecule has 1 aliphatic heterocycles. The largest absolute Gasteiger partial charge is 0.525 e. The number of alkyl halides is 3. The molecular formula is C14H15BClF4NO2. The van der Waals surface area contributed by atoms with E-state index in [0.717, 1.165) is 18.3 Å². The maximum absolute atomic E-state index is 14.6. The van der Waals surface area contributed by atoms with Crippen LogP contribution >= 0.6 is 11.6 Å². The average Bonchev–Trinajstić information content (AvgIpc) is 2.59. The molecule has 0 atom stereocenters. The zero-order valence-corrected chi connectivity index (χ0v) is 13.7. The van der Waals surface area contributed by atoms with Gasteiger partial charge in [-0.1, -0.05) is 11.6 Å². The highest BCUT2D eigenvalue weighted by Gasteiger charge is 2.55. The molecule has 0 aliphatic carbocycles. The van der Waals surface area contributed by atoms with Crippen LogP contribution in [0.5, 0.6) is 0 Å². The van der Waals surface area contributed by atoms with Crippen molar-refractivity contribution in [3.8, 4) is 0 Å². The molecule has 1 saturated heterocycles. The van der Waals surface area contributed by atoms with E-state index in [4.69, 9.17) is 20.9 Å². The van der Waals surface area contributed by atoms with Crippen molar-refractivity contribution < 1.29 is 26.9 Å². The van der Waals surface area contributed by atoms with E-state index in [9.17, 15) is 17.6 Å². The van der Waals surface area contributed by atoms with E-state index in [1.54, 1.807) is 27.7 Å². The van der Waals surface area contributed by atoms with Gasteiger partial charge in [0.2, 0.25) is 0 Å². The lowest BCUT2D eigenvalue weighted by Crippen LogP contribution is -2.41. The van der Waals surface area contributed by atoms with Crippen LogP contribution in [0.15, 0.2) is 24.1 Å². The van der Waals surface area contributed by atoms with Crippen molar-refractivity contribution in [2.24, 2.45) is 0 Å². The molecule has 0 radical (unpaired) electrons. The molecule has 0 aromatic carbocycles. The Labute approximate surface area is 136 Å². The summed E-state index contributed by atoms with van der Waals surface area (Å²) in [4.78, 5) is 3.56. The highest BCUT2D eigenvalue weighted by Crippen LogP contribution is 2.43. The first kappa shape index (κ1) is 18.2. The Hall–Kier alpha value is -1.12. The maximum Gasteiger partial charge on any atom is 0.525 e. The molecule has 1 aromatic rings. The van der Waals surface area contributed by atoms with E-state index in [1.165, 1.54) is 0 Å². The zero-order chi connectivity index (χ0) is 17.6. The summed E-state index contributed by atoms with van der Waals surface area (Å²) >= 11 is 5.56. The first-order valence-corrected chi connectivity index (χ1v) is 7.17. The van der Waals surface area contributed by atoms with E-state index >= 15 is 0 Å². The zero-order valence-electron chi connectivity index (χ0n) is 13.0. The summed E-state index contributed by atoms with van der Waals surface area (Å²) in [5, 5.41) is 0.00585. The van der Waals surface area contributed by atoms with Crippen molar-refractivity contribution >= 4 is 24.3 Å². The van der Waals surface area contributed by atoms with Crippen molar-refractivity contribution in [2.45, 2.75) is 45.1 Å². The van der Waals surface area contributed by atoms with Crippen LogP contribution in [0.4, 0.5) is 17.6 Å². The molecule has 1 aliphatic rings. The van der Waals surface area contributed by atoms with Crippen LogP contribution in [-0.4, -0.2) is 29.5 Å². The molecule has 0 spiro atoms. The highest BCUT2D eigenvalue weighted by molar-refractivity contribution is 6.55. The van der Waals surface area contributed by atoms with Crippen LogP contribution in [0.3, 0.4) is 0 Å². The monoisotopic (exact) mass is 351 g/mol. The molecule has 0 bridgehead atoms. The molecule has 23 heavy (non-hydrogen) atoms. The smallest absolute Gasteiger partial charge is 0.398 e. The number of halogens is 5. The fourth-order valence-corrected chi connectivity index (χ4v) is 2.14. The van der Waals surface area contributed by atoms with Crippen LogP contribution in [0.25, 0.3) is 5.57 Å². The second-order valence-electron chi connectivity index (χ2n) is 6.18. The number of hydrogen-bond acceptors (Lipinski definition) is 3. The average molecular weight is 352 g/mol. The molecule has 1 fully saturated rings. The van der Waals surface area contributed by atoms with Gasteiger partial charge in [0.15, 0.2) is 0 Å². The Balaban J connectivity index is 2.50. The van der Waals surface area contributed by atoms with Gasteiger partial charge in [-0.3, -0.25) is 0 Å². The number of allylic oxidation sites excluding steroid dienone is 1. The standard InChI is InChI=1S/C14H15BClF4NO2/c1-12(2)13(3,4)23-15(22-12)11(17)10(14(18,19)20)8-5-6-9(16)21-7-8/h5-7H,1-4H3. The fraction of sp³-hybridized carbons (Fsp3) is 0.500. The summed E-state index contributed by atoms with van der Waals surface area (Å²) in [6, 6.07) is 2.20. The van der Waals surface area contributed by atoms with Crippen LogP contribution < -0.4 is 0 Å². The summed E-state index contributed by atoms with van der Waals surface area (Å²) in [6.07, 6.45) is -4.08. The molecule has 1 aromatic heterocycles. The minimum Gasteiger partial charge on any atom is -0.398 e. The lowest BCUT2D eigenvalue weighted by molar-refractivity contribution is -0.0700. The highest BCUT2D eigenvalue weighted by atomic mass is 35.5. The van der Waals surface area contributed by atoms with Crippen LogP contribution in [-0.2, 0) is 9.31 Å². The quantitative estimate of drug-likeness (QED) is 0.443. The molecule has 0 N–H and O–H groups in total. The Morgan fingerprint density at radius 3 is 2.04 bits per heavy atom. The third-order valence-corrected chi connectivity index (χ3v) is 4.22. The van der Waals surface area contributed by atoms with Gasteiger partial charge in [-0.2, -0.15) is 13.2 Å². The summed E-state index contributed by atoms with van der Waals surface area (Å²) < 4.78 is 65.3. The van der Waals surface area contributed by atoms with E-state index in [-0.39, 0.29) is 5.15 Å². The maximum atomic E-state index is 14.6. The van der Waals surface area contributed by atoms with Gasteiger partial charge >= 0.3 is 13.3 Å². The van der Waals surface area contributed by atoms with E-state index < -0.39 is 41.4 Å². The topological polar surface area (TPSA) is 31.4 Å². The van der Waals surface area contributed by atoms with Gasteiger partial charge in [-0.05, 0) is 39.8 Å². The minimum absolute atomic E-state index is 0.00585. The minimum atomic E-state index is -4.94. The third kappa shape index (κ3) is 3.54. The predicted octanol–water partition coefficient (Wildman–Crippen LogP) is 4.61. The number of pyridine rings is 1. The van der Waals surface area contributed by atoms with Crippen molar-refractivity contribution in [3.05, 3.63) is 34.8 Å². The van der Waals surface area contributed by atoms with E-state index in [2.05, 4.69) is 4.98 Å². The van der Waals surface area contributed by atoms with Crippen molar-refractivity contribution in [1.82, 2.24) is 4.98 Å². The van der Waals surface area contributed by atoms with Crippen molar-refractivity contribution in [2.75, 3.05) is 0 Å². The first-order valence-electron chi connectivity index (χ1n) is 6.79. The van der Waals surface area contributed by atoms with Gasteiger partial charge in [0.25, 0.3) is 0 Å². The summed E-state index contributed by atoms with van der Waals surface area (Å²) in [5.74, 6) is 0.